The average Bonchev–Trinajstić information content (AvgIpc) is 0.835. The number of nitrogens with zero attached hydrogens (tertiary/aromatic N) is 6. The Kier molecular flexibility index (Phi) is 45.4. The lowest BCUT2D eigenvalue weighted by atomic mass is 9.77. The second kappa shape index (κ2) is 53.8. The molecule has 0 amide bonds. The van der Waals surface area contributed by atoms with Crippen LogP contribution in [0.4, 0.5) is 0 Å². The van der Waals surface area contributed by atoms with Gasteiger partial charge in [0.15, 0.2) is 25.2 Å². The Bertz CT molecular complexity index is 5200. The van der Waals surface area contributed by atoms with Crippen LogP contribution in [0.1, 0.15) is 261 Å². The minimum absolute atomic E-state index is 0.0560. The summed E-state index contributed by atoms with van der Waals surface area (Å²) in [4.78, 5) is 86.7. The number of carbonyl (C=O) groups excluding carboxylic acids is 2. The number of aromatic nitrogens is 2. The molecule has 0 bridgehead atoms. The third-order valence-electron chi connectivity index (χ3n) is 32.2. The maximum atomic E-state index is 14.6. The van der Waals surface area contributed by atoms with E-state index in [4.69, 9.17) is 75.8 Å². The number of aromatic carboxylic acids is 2. The summed E-state index contributed by atoms with van der Waals surface area (Å²) in [6.45, 7) is 45.2. The number of allylic oxidation sites excluding steroid dienone is 1. The highest BCUT2D eigenvalue weighted by atomic mass is 16.7. The van der Waals surface area contributed by atoms with Gasteiger partial charge in [-0.05, 0) is 265 Å². The summed E-state index contributed by atoms with van der Waals surface area (Å²) in [5.41, 5.74) is -7.67. The molecule has 0 aliphatic carbocycles. The minimum Gasteiger partial charge on any atom is -0.499 e. The van der Waals surface area contributed by atoms with Gasteiger partial charge in [0.1, 0.15) is 77.8 Å². The Morgan fingerprint density at radius 1 is 0.513 bits per heavy atom. The van der Waals surface area contributed by atoms with E-state index in [9.17, 15) is 79.8 Å². The number of fused-ring (bicyclic) bond motifs is 2. The zero-order chi connectivity index (χ0) is 112. The first-order valence-electron chi connectivity index (χ1n) is 53.7. The lowest BCUT2D eigenvalue weighted by molar-refractivity contribution is -0.321. The number of methoxy groups -OCH3 is 2. The summed E-state index contributed by atoms with van der Waals surface area (Å²) < 4.78 is 106. The SMILES string of the molecule is CC[C@H]1OC(=O)[C@H](C)[C@@H](OC2C[C@@](C)(OC)[C@@H](OCCOC=CCc3ccc4c(c3)c(=O)c(C(=O)O)cn4C(C)C)[C@H](C)O2)[C@H](C)[C@@H](O[C@@H]2O[C@H](C)C[C@H](N(C)C)[C@H]2O)[C@](C)(O)C[C@@H](C)CN(C)[C@H](C)[C@H](O)[C@]1(C)O.CC[C@H]1OC(=O)[C@H](C)[C@@H](OC2C[C@@](C)(OC)[C@@H](OCCOCC=Cc3ccc4c(c3)c(=O)c(C(=O)O)cn4C(C)C)[C@H](C)O2)[C@H](C)[C@@H](O[C@@H]2O[C@H](C)C[C@H](N(C)C)[C@H]2O)[C@](C)(O)C[C@@H](C)CN(C)[C@H](C)[C@H](O)[C@]1(C)O. The fourth-order valence-corrected chi connectivity index (χ4v) is 23.4. The fraction of sp³-hybridized carbons (Fsp3) is 0.768. The van der Waals surface area contributed by atoms with Crippen LogP contribution < -0.4 is 10.9 Å². The number of rotatable bonds is 32. The average molecular weight is 2120 g/mol. The molecular formula is C112H182N6O32. The van der Waals surface area contributed by atoms with Crippen LogP contribution in [0.15, 0.2) is 76.8 Å². The van der Waals surface area contributed by atoms with Crippen LogP contribution in [0.25, 0.3) is 27.9 Å². The summed E-state index contributed by atoms with van der Waals surface area (Å²) in [6.07, 6.45) is -6.20. The first kappa shape index (κ1) is 126. The van der Waals surface area contributed by atoms with Gasteiger partial charge in [0.05, 0.1) is 127 Å². The first-order chi connectivity index (χ1) is 70.0. The number of carbonyl (C=O) groups is 4. The summed E-state index contributed by atoms with van der Waals surface area (Å²) in [5, 5.41) is 116. The molecule has 6 aliphatic heterocycles. The summed E-state index contributed by atoms with van der Waals surface area (Å²) >= 11 is 0. The van der Waals surface area contributed by atoms with Gasteiger partial charge in [-0.15, -0.1) is 0 Å². The Balaban J connectivity index is 0.000000333. The Labute approximate surface area is 886 Å². The molecule has 38 nitrogen and oxygen atoms in total. The standard InChI is InChI=1S/2C56H91N3O16/c2*1-17-43-56(12,67)48(62)36(8)58(15)29-32(4)27-54(10,66)49(75-53-46(61)42(57(13)14)25-33(5)71-53)34(6)47(35(7)52(65)73-43)74-44-28-55(11,68-16)50(37(9)72-44)70-24-23-69-22-18-19-38-20-21-41-39(26-38)45(60)40(51(63)64)30-59(41)31(2)3/h18,20-22,26,30-37,42-44,46-50,53,61-62,66-67H,17,19,23-25,27-29H2,1-16H3,(H,63,64);18-21,26,30-37,42-44,46-50,53,61-62,66-67H,17,22-25,27-29H2,1-16H3,(H,63,64)/t2*32-,33-,34+,35-,36-,37+,42+,43-,44?,46-,47+,48+,49-,50+,53+,54-,55-,56-/m11/s1. The molecule has 10 rings (SSSR count). The molecule has 2 aromatic carbocycles. The monoisotopic (exact) mass is 2120 g/mol. The van der Waals surface area contributed by atoms with Crippen molar-refractivity contribution in [2.75, 3.05) is 103 Å². The van der Waals surface area contributed by atoms with Gasteiger partial charge in [-0.2, -0.15) is 0 Å². The molecule has 6 aliphatic rings. The van der Waals surface area contributed by atoms with E-state index >= 15 is 0 Å². The van der Waals surface area contributed by atoms with Crippen LogP contribution >= 0.6 is 0 Å². The molecular weight excluding hydrogens is 1940 g/mol. The molecule has 38 heteroatoms. The van der Waals surface area contributed by atoms with Gasteiger partial charge in [0.25, 0.3) is 0 Å². The van der Waals surface area contributed by atoms with E-state index in [2.05, 4.69) is 0 Å². The van der Waals surface area contributed by atoms with Crippen molar-refractivity contribution in [2.45, 2.75) is 417 Å². The topological polar surface area (TPSA) is 475 Å². The maximum absolute atomic E-state index is 14.6. The first-order valence-corrected chi connectivity index (χ1v) is 53.7. The second-order valence-corrected chi connectivity index (χ2v) is 45.9. The highest BCUT2D eigenvalue weighted by molar-refractivity contribution is 5.94. The quantitative estimate of drug-likeness (QED) is 0.0123. The molecule has 0 saturated carbocycles. The van der Waals surface area contributed by atoms with E-state index in [0.717, 1.165) is 5.56 Å². The van der Waals surface area contributed by atoms with Crippen molar-refractivity contribution in [1.29, 1.82) is 0 Å². The number of esters is 2. The van der Waals surface area contributed by atoms with E-state index < -0.39 is 215 Å². The van der Waals surface area contributed by atoms with Gasteiger partial charge in [0.2, 0.25) is 10.9 Å². The molecule has 4 aromatic rings. The third-order valence-corrected chi connectivity index (χ3v) is 32.2. The van der Waals surface area contributed by atoms with Gasteiger partial charge < -0.3 is 156 Å². The van der Waals surface area contributed by atoms with Crippen molar-refractivity contribution in [2.24, 2.45) is 35.5 Å². The molecule has 2 unspecified atom stereocenters. The van der Waals surface area contributed by atoms with Crippen LogP contribution in [0.3, 0.4) is 0 Å². The van der Waals surface area contributed by atoms with Crippen molar-refractivity contribution in [3.8, 4) is 0 Å². The third kappa shape index (κ3) is 30.5. The van der Waals surface area contributed by atoms with E-state index in [-0.39, 0.29) is 131 Å². The number of ether oxygens (including phenoxy) is 16. The summed E-state index contributed by atoms with van der Waals surface area (Å²) in [7, 11) is 14.4. The normalized spacial score (nSPS) is 38.2. The van der Waals surface area contributed by atoms with Gasteiger partial charge in [-0.1, -0.05) is 65.8 Å². The molecule has 150 heavy (non-hydrogen) atoms. The van der Waals surface area contributed by atoms with Crippen LogP contribution in [0.2, 0.25) is 0 Å². The molecule has 0 spiro atoms. The molecule has 852 valence electrons. The van der Waals surface area contributed by atoms with Crippen molar-refractivity contribution in [3.63, 3.8) is 0 Å². The Morgan fingerprint density at radius 3 is 1.29 bits per heavy atom. The summed E-state index contributed by atoms with van der Waals surface area (Å²) in [6, 6.07) is 8.91. The minimum atomic E-state index is -1.84. The number of aliphatic hydroxyl groups excluding tert-OH is 4. The number of carboxylic acids is 2. The van der Waals surface area contributed by atoms with E-state index in [0.29, 0.717) is 59.7 Å². The molecule has 2 aromatic heterocycles. The number of hydrogen-bond donors (Lipinski definition) is 10. The van der Waals surface area contributed by atoms with Gasteiger partial charge in [-0.25, -0.2) is 9.59 Å². The van der Waals surface area contributed by atoms with E-state index in [1.807, 2.05) is 183 Å². The van der Waals surface area contributed by atoms with Crippen molar-refractivity contribution in [3.05, 3.63) is 110 Å². The number of benzene rings is 2. The molecule has 6 fully saturated rings. The number of carboxylic acid groups (broad SMARTS) is 2. The molecule has 8 heterocycles. The van der Waals surface area contributed by atoms with Crippen LogP contribution in [0, 0.1) is 35.5 Å². The highest BCUT2D eigenvalue weighted by Gasteiger charge is 2.58. The van der Waals surface area contributed by atoms with Gasteiger partial charge >= 0.3 is 23.9 Å². The summed E-state index contributed by atoms with van der Waals surface area (Å²) in [5.74, 6) is -8.04. The predicted octanol–water partition coefficient (Wildman–Crippen LogP) is 10.5. The van der Waals surface area contributed by atoms with E-state index in [1.165, 1.54) is 26.2 Å². The Hall–Kier alpha value is -6.98. The van der Waals surface area contributed by atoms with Crippen LogP contribution in [0.5, 0.6) is 0 Å². The van der Waals surface area contributed by atoms with Crippen LogP contribution in [-0.4, -0.2) is 387 Å². The largest absolute Gasteiger partial charge is 0.499 e. The van der Waals surface area contributed by atoms with Gasteiger partial charge in [0, 0.05) is 111 Å². The van der Waals surface area contributed by atoms with E-state index in [1.54, 1.807) is 115 Å². The molecule has 36 atom stereocenters. The number of likely N-dealkylation sites (N-methyl/N-ethyl adjacent to an activating group) is 4. The number of cyclic esters (lactones) is 2. The zero-order valence-corrected chi connectivity index (χ0v) is 94.9. The zero-order valence-electron chi connectivity index (χ0n) is 94.9. The predicted molar refractivity (Wildman–Crippen MR) is 566 cm³/mol. The number of pyridine rings is 2. The second-order valence-electron chi connectivity index (χ2n) is 45.9. The fourth-order valence-electron chi connectivity index (χ4n) is 23.4. The van der Waals surface area contributed by atoms with Crippen molar-refractivity contribution < 1.29 is 146 Å². The lowest BCUT2D eigenvalue weighted by Crippen LogP contribution is -2.61. The smallest absolute Gasteiger partial charge is 0.341 e. The van der Waals surface area contributed by atoms with Crippen molar-refractivity contribution >= 4 is 51.8 Å². The lowest BCUT2D eigenvalue weighted by Gasteiger charge is -2.49. The molecule has 6 saturated heterocycles. The molecule has 0 radical (unpaired) electrons. The highest BCUT2D eigenvalue weighted by Crippen LogP contribution is 2.46. The van der Waals surface area contributed by atoms with Crippen LogP contribution in [-0.2, 0) is 91.8 Å². The number of aliphatic hydroxyl groups is 8. The maximum Gasteiger partial charge on any atom is 0.341 e. The van der Waals surface area contributed by atoms with Gasteiger partial charge in [-0.3, -0.25) is 19.2 Å². The molecule has 10 N–H and O–H groups in total. The Morgan fingerprint density at radius 2 is 0.907 bits per heavy atom. The number of hydrogen-bond acceptors (Lipinski definition) is 34. The van der Waals surface area contributed by atoms with Crippen molar-refractivity contribution in [1.82, 2.24) is 28.7 Å².